The summed E-state index contributed by atoms with van der Waals surface area (Å²) in [5.41, 5.74) is -0.236. The Morgan fingerprint density at radius 3 is 2.74 bits per heavy atom. The fourth-order valence-corrected chi connectivity index (χ4v) is 3.23. The molecule has 0 saturated carbocycles. The van der Waals surface area contributed by atoms with Gasteiger partial charge in [-0.2, -0.15) is 27.9 Å². The molecule has 11 heteroatoms. The zero-order chi connectivity index (χ0) is 22.2. The van der Waals surface area contributed by atoms with Gasteiger partial charge in [-0.25, -0.2) is 9.97 Å². The highest BCUT2D eigenvalue weighted by Crippen LogP contribution is 2.36. The SMILES string of the molecule is C#Cc1ccc(-n2ncnc2C(CC)Nc2nc3cc(C(F)(F)F)cc(Cl)c3o2)nc1. The minimum absolute atomic E-state index is 0.00765. The second kappa shape index (κ2) is 7.92. The molecule has 0 aliphatic carbocycles. The van der Waals surface area contributed by atoms with Crippen LogP contribution < -0.4 is 5.32 Å². The van der Waals surface area contributed by atoms with Crippen LogP contribution in [-0.2, 0) is 6.18 Å². The number of pyridine rings is 1. The number of hydrogen-bond acceptors (Lipinski definition) is 6. The first-order chi connectivity index (χ1) is 14.8. The Morgan fingerprint density at radius 2 is 2.10 bits per heavy atom. The van der Waals surface area contributed by atoms with E-state index in [1.807, 2.05) is 6.92 Å². The summed E-state index contributed by atoms with van der Waals surface area (Å²) in [6.45, 7) is 1.89. The summed E-state index contributed by atoms with van der Waals surface area (Å²) in [4.78, 5) is 12.7. The van der Waals surface area contributed by atoms with E-state index in [0.717, 1.165) is 12.1 Å². The van der Waals surface area contributed by atoms with Crippen LogP contribution in [0.5, 0.6) is 0 Å². The van der Waals surface area contributed by atoms with Crippen molar-refractivity contribution in [2.75, 3.05) is 5.32 Å². The number of halogens is 4. The number of terminal acetylenes is 1. The van der Waals surface area contributed by atoms with E-state index in [1.54, 1.807) is 12.1 Å². The number of anilines is 1. The molecule has 1 atom stereocenters. The molecular formula is C20H14ClF3N6O. The quantitative estimate of drug-likeness (QED) is 0.433. The molecule has 0 saturated heterocycles. The highest BCUT2D eigenvalue weighted by Gasteiger charge is 2.32. The average Bonchev–Trinajstić information content (AvgIpc) is 3.38. The van der Waals surface area contributed by atoms with Crippen LogP contribution in [0.2, 0.25) is 5.02 Å². The topological polar surface area (TPSA) is 81.7 Å². The Balaban J connectivity index is 1.66. The number of oxazole rings is 1. The van der Waals surface area contributed by atoms with Crippen LogP contribution >= 0.6 is 11.6 Å². The van der Waals surface area contributed by atoms with Crippen LogP contribution in [-0.4, -0.2) is 24.7 Å². The fourth-order valence-electron chi connectivity index (χ4n) is 2.98. The van der Waals surface area contributed by atoms with Crippen molar-refractivity contribution in [1.29, 1.82) is 0 Å². The maximum atomic E-state index is 13.0. The van der Waals surface area contributed by atoms with E-state index in [2.05, 4.69) is 31.3 Å². The second-order valence-electron chi connectivity index (χ2n) is 6.51. The van der Waals surface area contributed by atoms with E-state index in [0.29, 0.717) is 23.6 Å². The molecule has 0 radical (unpaired) electrons. The molecule has 4 aromatic rings. The highest BCUT2D eigenvalue weighted by atomic mass is 35.5. The number of hydrogen-bond donors (Lipinski definition) is 1. The number of alkyl halides is 3. The standard InChI is InChI=1S/C20H14ClF3N6O/c1-3-11-5-6-16(25-9-11)30-18(26-10-27-30)14(4-2)28-19-29-15-8-12(20(22,23)24)7-13(21)17(15)31-19/h1,5-10,14H,4H2,2H3,(H,28,29). The summed E-state index contributed by atoms with van der Waals surface area (Å²) in [5.74, 6) is 3.50. The molecule has 0 amide bonds. The van der Waals surface area contributed by atoms with Crippen LogP contribution in [0.15, 0.2) is 41.2 Å². The maximum absolute atomic E-state index is 13.0. The Hall–Kier alpha value is -3.58. The largest absolute Gasteiger partial charge is 0.422 e. The van der Waals surface area contributed by atoms with E-state index in [9.17, 15) is 13.2 Å². The molecule has 1 aromatic carbocycles. The molecule has 3 aromatic heterocycles. The van der Waals surface area contributed by atoms with Crippen molar-refractivity contribution in [3.63, 3.8) is 0 Å². The van der Waals surface area contributed by atoms with Gasteiger partial charge < -0.3 is 9.73 Å². The first-order valence-corrected chi connectivity index (χ1v) is 9.44. The Kier molecular flexibility index (Phi) is 5.29. The molecule has 3 heterocycles. The number of fused-ring (bicyclic) bond motifs is 1. The molecule has 31 heavy (non-hydrogen) atoms. The lowest BCUT2D eigenvalue weighted by molar-refractivity contribution is -0.137. The predicted molar refractivity (Wildman–Crippen MR) is 108 cm³/mol. The van der Waals surface area contributed by atoms with E-state index in [1.165, 1.54) is 17.2 Å². The van der Waals surface area contributed by atoms with Gasteiger partial charge in [0.1, 0.15) is 11.8 Å². The molecule has 0 bridgehead atoms. The molecule has 0 spiro atoms. The first kappa shape index (κ1) is 20.7. The third kappa shape index (κ3) is 4.04. The average molecular weight is 447 g/mol. The summed E-state index contributed by atoms with van der Waals surface area (Å²) in [5, 5.41) is 7.06. The van der Waals surface area contributed by atoms with Crippen LogP contribution in [0.25, 0.3) is 16.9 Å². The van der Waals surface area contributed by atoms with Crippen LogP contribution in [0.3, 0.4) is 0 Å². The molecule has 4 rings (SSSR count). The van der Waals surface area contributed by atoms with Gasteiger partial charge >= 0.3 is 6.18 Å². The molecule has 1 N–H and O–H groups in total. The summed E-state index contributed by atoms with van der Waals surface area (Å²) in [6.07, 6.45) is 4.26. The van der Waals surface area contributed by atoms with Gasteiger partial charge in [0, 0.05) is 11.8 Å². The number of nitrogens with one attached hydrogen (secondary N) is 1. The van der Waals surface area contributed by atoms with Gasteiger partial charge in [-0.15, -0.1) is 6.42 Å². The van der Waals surface area contributed by atoms with Crippen LogP contribution in [0, 0.1) is 12.3 Å². The third-order valence-corrected chi connectivity index (χ3v) is 4.78. The zero-order valence-corrected chi connectivity index (χ0v) is 16.7. The Labute approximate surface area is 179 Å². The minimum atomic E-state index is -4.55. The summed E-state index contributed by atoms with van der Waals surface area (Å²) in [7, 11) is 0. The fraction of sp³-hybridized carbons (Fsp3) is 0.200. The van der Waals surface area contributed by atoms with Crippen molar-refractivity contribution < 1.29 is 17.6 Å². The number of benzene rings is 1. The van der Waals surface area contributed by atoms with Crippen molar-refractivity contribution in [2.24, 2.45) is 0 Å². The van der Waals surface area contributed by atoms with Gasteiger partial charge in [0.05, 0.1) is 16.6 Å². The summed E-state index contributed by atoms with van der Waals surface area (Å²) < 4.78 is 46.2. The zero-order valence-electron chi connectivity index (χ0n) is 16.0. The van der Waals surface area contributed by atoms with Crippen molar-refractivity contribution in [2.45, 2.75) is 25.6 Å². The monoisotopic (exact) mass is 446 g/mol. The molecule has 0 aliphatic rings. The lowest BCUT2D eigenvalue weighted by Gasteiger charge is -2.15. The third-order valence-electron chi connectivity index (χ3n) is 4.50. The van der Waals surface area contributed by atoms with Gasteiger partial charge in [-0.05, 0) is 30.7 Å². The van der Waals surface area contributed by atoms with Gasteiger partial charge in [0.2, 0.25) is 0 Å². The minimum Gasteiger partial charge on any atom is -0.422 e. The van der Waals surface area contributed by atoms with Crippen molar-refractivity contribution >= 4 is 28.7 Å². The normalized spacial score (nSPS) is 12.6. The Bertz CT molecular complexity index is 1270. The molecule has 0 fully saturated rings. The van der Waals surface area contributed by atoms with Gasteiger partial charge in [-0.3, -0.25) is 0 Å². The van der Waals surface area contributed by atoms with Crippen molar-refractivity contribution in [1.82, 2.24) is 24.7 Å². The summed E-state index contributed by atoms with van der Waals surface area (Å²) >= 11 is 5.97. The second-order valence-corrected chi connectivity index (χ2v) is 6.91. The molecule has 7 nitrogen and oxygen atoms in total. The summed E-state index contributed by atoms with van der Waals surface area (Å²) in [6, 6.07) is 4.70. The molecular weight excluding hydrogens is 433 g/mol. The lowest BCUT2D eigenvalue weighted by atomic mass is 10.2. The Morgan fingerprint density at radius 1 is 1.29 bits per heavy atom. The van der Waals surface area contributed by atoms with Crippen LogP contribution in [0.1, 0.15) is 36.3 Å². The van der Waals surface area contributed by atoms with E-state index in [4.69, 9.17) is 22.4 Å². The molecule has 158 valence electrons. The molecule has 1 unspecified atom stereocenters. The number of rotatable bonds is 5. The first-order valence-electron chi connectivity index (χ1n) is 9.07. The highest BCUT2D eigenvalue weighted by molar-refractivity contribution is 6.34. The smallest absolute Gasteiger partial charge is 0.416 e. The predicted octanol–water partition coefficient (Wildman–Crippen LogP) is 5.02. The number of nitrogens with zero attached hydrogens (tertiary/aromatic N) is 5. The number of aromatic nitrogens is 5. The molecule has 0 aliphatic heterocycles. The van der Waals surface area contributed by atoms with E-state index < -0.39 is 17.8 Å². The van der Waals surface area contributed by atoms with Gasteiger partial charge in [0.15, 0.2) is 17.2 Å². The van der Waals surface area contributed by atoms with Gasteiger partial charge in [0.25, 0.3) is 6.01 Å². The van der Waals surface area contributed by atoms with Crippen molar-refractivity contribution in [3.8, 4) is 18.2 Å². The van der Waals surface area contributed by atoms with E-state index >= 15 is 0 Å². The van der Waals surface area contributed by atoms with Gasteiger partial charge in [-0.1, -0.05) is 24.4 Å². The van der Waals surface area contributed by atoms with Crippen LogP contribution in [0.4, 0.5) is 19.2 Å². The van der Waals surface area contributed by atoms with Crippen molar-refractivity contribution in [3.05, 3.63) is 58.8 Å². The lowest BCUT2D eigenvalue weighted by Crippen LogP contribution is -2.16. The maximum Gasteiger partial charge on any atom is 0.416 e. The van der Waals surface area contributed by atoms with E-state index in [-0.39, 0.29) is 22.1 Å².